The van der Waals surface area contributed by atoms with E-state index < -0.39 is 0 Å². The van der Waals surface area contributed by atoms with Crippen molar-refractivity contribution in [2.45, 2.75) is 6.92 Å². The number of imidazole rings is 1. The lowest BCUT2D eigenvalue weighted by atomic mass is 10.2. The number of H-pyrrole nitrogens is 1. The highest BCUT2D eigenvalue weighted by molar-refractivity contribution is 14.1. The second kappa shape index (κ2) is 5.32. The van der Waals surface area contributed by atoms with Gasteiger partial charge in [-0.15, -0.1) is 0 Å². The summed E-state index contributed by atoms with van der Waals surface area (Å²) >= 11 is 2.09. The van der Waals surface area contributed by atoms with E-state index in [0.29, 0.717) is 12.4 Å². The van der Waals surface area contributed by atoms with E-state index in [9.17, 15) is 5.11 Å². The van der Waals surface area contributed by atoms with Crippen molar-refractivity contribution >= 4 is 33.6 Å². The number of aromatic nitrogens is 2. The van der Waals surface area contributed by atoms with E-state index in [0.717, 1.165) is 26.0 Å². The smallest absolute Gasteiger partial charge is 0.171 e. The third-order valence-electron chi connectivity index (χ3n) is 2.99. The molecular weight excluding hydrogens is 367 g/mol. The van der Waals surface area contributed by atoms with Gasteiger partial charge in [-0.2, -0.15) is 0 Å². The summed E-state index contributed by atoms with van der Waals surface area (Å²) in [6, 6.07) is 11.6. The number of rotatable bonds is 3. The number of nitrogens with zero attached hydrogens (tertiary/aromatic N) is 1. The Bertz CT molecular complexity index is 735. The van der Waals surface area contributed by atoms with E-state index in [1.807, 2.05) is 37.3 Å². The Morgan fingerprint density at radius 2 is 2.10 bits per heavy atom. The largest absolute Gasteiger partial charge is 0.504 e. The summed E-state index contributed by atoms with van der Waals surface area (Å²) in [4.78, 5) is 7.84. The zero-order valence-corrected chi connectivity index (χ0v) is 13.0. The molecule has 0 atom stereocenters. The van der Waals surface area contributed by atoms with Crippen LogP contribution in [-0.4, -0.2) is 21.7 Å². The third-order valence-corrected chi connectivity index (χ3v) is 3.81. The monoisotopic (exact) mass is 380 g/mol. The van der Waals surface area contributed by atoms with Crippen LogP contribution in [-0.2, 0) is 0 Å². The molecule has 0 radical (unpaired) electrons. The van der Waals surface area contributed by atoms with Gasteiger partial charge in [0.2, 0.25) is 0 Å². The average Bonchev–Trinajstić information content (AvgIpc) is 2.87. The van der Waals surface area contributed by atoms with E-state index >= 15 is 0 Å². The van der Waals surface area contributed by atoms with Gasteiger partial charge in [0.15, 0.2) is 11.5 Å². The molecular formula is C15H13IN2O2. The molecule has 0 aliphatic heterocycles. The molecule has 4 nitrogen and oxygen atoms in total. The van der Waals surface area contributed by atoms with Crippen LogP contribution in [0.5, 0.6) is 11.5 Å². The second-order valence-corrected chi connectivity index (χ2v) is 5.50. The summed E-state index contributed by atoms with van der Waals surface area (Å²) in [5.41, 5.74) is 2.80. The Kier molecular flexibility index (Phi) is 3.52. The molecule has 5 heteroatoms. The highest BCUT2D eigenvalue weighted by Crippen LogP contribution is 2.36. The first kappa shape index (κ1) is 13.2. The molecule has 1 aromatic heterocycles. The van der Waals surface area contributed by atoms with Crippen LogP contribution in [0.1, 0.15) is 6.92 Å². The molecule has 1 heterocycles. The molecule has 0 unspecified atom stereocenters. The molecule has 0 spiro atoms. The zero-order chi connectivity index (χ0) is 14.1. The van der Waals surface area contributed by atoms with Gasteiger partial charge in [-0.3, -0.25) is 0 Å². The molecule has 0 saturated carbocycles. The molecule has 0 bridgehead atoms. The molecule has 102 valence electrons. The lowest BCUT2D eigenvalue weighted by molar-refractivity contribution is 0.317. The van der Waals surface area contributed by atoms with Crippen LogP contribution in [0.3, 0.4) is 0 Å². The van der Waals surface area contributed by atoms with E-state index in [1.54, 1.807) is 6.07 Å². The Morgan fingerprint density at radius 1 is 1.30 bits per heavy atom. The number of hydrogen-bond acceptors (Lipinski definition) is 3. The lowest BCUT2D eigenvalue weighted by Crippen LogP contribution is -1.94. The maximum absolute atomic E-state index is 9.98. The van der Waals surface area contributed by atoms with Crippen LogP contribution >= 0.6 is 22.6 Å². The molecule has 3 aromatic rings. The number of para-hydroxylation sites is 2. The maximum atomic E-state index is 9.98. The number of halogens is 1. The highest BCUT2D eigenvalue weighted by atomic mass is 127. The molecule has 20 heavy (non-hydrogen) atoms. The van der Waals surface area contributed by atoms with Gasteiger partial charge in [-0.1, -0.05) is 12.1 Å². The minimum atomic E-state index is 0.173. The highest BCUT2D eigenvalue weighted by Gasteiger charge is 2.12. The van der Waals surface area contributed by atoms with Crippen molar-refractivity contribution in [3.63, 3.8) is 0 Å². The number of fused-ring (bicyclic) bond motifs is 1. The van der Waals surface area contributed by atoms with Gasteiger partial charge in [0.1, 0.15) is 5.82 Å². The minimum Gasteiger partial charge on any atom is -0.504 e. The van der Waals surface area contributed by atoms with Crippen molar-refractivity contribution in [3.05, 3.63) is 40.0 Å². The fourth-order valence-corrected chi connectivity index (χ4v) is 2.67. The first-order chi connectivity index (χ1) is 9.69. The number of nitrogens with one attached hydrogen (secondary N) is 1. The first-order valence-corrected chi connectivity index (χ1v) is 7.37. The average molecular weight is 380 g/mol. The zero-order valence-electron chi connectivity index (χ0n) is 10.9. The summed E-state index contributed by atoms with van der Waals surface area (Å²) in [7, 11) is 0. The summed E-state index contributed by atoms with van der Waals surface area (Å²) < 4.78 is 6.20. The van der Waals surface area contributed by atoms with Gasteiger partial charge in [0, 0.05) is 5.56 Å². The Balaban J connectivity index is 2.13. The summed E-state index contributed by atoms with van der Waals surface area (Å²) in [5.74, 6) is 1.42. The van der Waals surface area contributed by atoms with Gasteiger partial charge in [-0.05, 0) is 53.8 Å². The first-order valence-electron chi connectivity index (χ1n) is 6.29. The normalized spacial score (nSPS) is 10.9. The topological polar surface area (TPSA) is 58.1 Å². The third kappa shape index (κ3) is 2.33. The molecule has 2 aromatic carbocycles. The van der Waals surface area contributed by atoms with Gasteiger partial charge in [-0.25, -0.2) is 4.98 Å². The fourth-order valence-electron chi connectivity index (χ4n) is 2.07. The van der Waals surface area contributed by atoms with Crippen LogP contribution in [0.2, 0.25) is 0 Å². The Morgan fingerprint density at radius 3 is 2.85 bits per heavy atom. The van der Waals surface area contributed by atoms with Gasteiger partial charge in [0.05, 0.1) is 21.2 Å². The Hall–Kier alpha value is -1.76. The number of phenols is 1. The van der Waals surface area contributed by atoms with Crippen LogP contribution in [0, 0.1) is 3.57 Å². The maximum Gasteiger partial charge on any atom is 0.171 e. The predicted molar refractivity (Wildman–Crippen MR) is 87.1 cm³/mol. The SMILES string of the molecule is CCOc1cc(-c2nc3ccccc3[nH]2)cc(I)c1O. The number of ether oxygens (including phenoxy) is 1. The second-order valence-electron chi connectivity index (χ2n) is 4.34. The van der Waals surface area contributed by atoms with Crippen molar-refractivity contribution < 1.29 is 9.84 Å². The van der Waals surface area contributed by atoms with E-state index in [2.05, 4.69) is 32.6 Å². The van der Waals surface area contributed by atoms with Gasteiger partial charge < -0.3 is 14.8 Å². The van der Waals surface area contributed by atoms with Crippen LogP contribution in [0.4, 0.5) is 0 Å². The quantitative estimate of drug-likeness (QED) is 0.677. The summed E-state index contributed by atoms with van der Waals surface area (Å²) in [5, 5.41) is 9.98. The molecule has 0 fully saturated rings. The number of hydrogen-bond donors (Lipinski definition) is 2. The molecule has 0 aliphatic carbocycles. The van der Waals surface area contributed by atoms with Crippen molar-refractivity contribution in [2.24, 2.45) is 0 Å². The molecule has 2 N–H and O–H groups in total. The predicted octanol–water partition coefficient (Wildman–Crippen LogP) is 3.94. The Labute approximate surface area is 129 Å². The van der Waals surface area contributed by atoms with Gasteiger partial charge in [0.25, 0.3) is 0 Å². The minimum absolute atomic E-state index is 0.173. The fraction of sp³-hybridized carbons (Fsp3) is 0.133. The van der Waals surface area contributed by atoms with E-state index in [1.165, 1.54) is 0 Å². The number of benzene rings is 2. The number of phenolic OH excluding ortho intramolecular Hbond substituents is 1. The number of aromatic hydroxyl groups is 1. The van der Waals surface area contributed by atoms with Crippen LogP contribution < -0.4 is 4.74 Å². The van der Waals surface area contributed by atoms with E-state index in [4.69, 9.17) is 4.74 Å². The van der Waals surface area contributed by atoms with Crippen LogP contribution in [0.15, 0.2) is 36.4 Å². The van der Waals surface area contributed by atoms with Crippen LogP contribution in [0.25, 0.3) is 22.4 Å². The van der Waals surface area contributed by atoms with Gasteiger partial charge >= 0.3 is 0 Å². The molecule has 0 saturated heterocycles. The molecule has 0 aliphatic rings. The molecule has 3 rings (SSSR count). The van der Waals surface area contributed by atoms with Crippen molar-refractivity contribution in [2.75, 3.05) is 6.61 Å². The van der Waals surface area contributed by atoms with Crippen molar-refractivity contribution in [1.29, 1.82) is 0 Å². The summed E-state index contributed by atoms with van der Waals surface area (Å²) in [6.07, 6.45) is 0. The van der Waals surface area contributed by atoms with E-state index in [-0.39, 0.29) is 5.75 Å². The lowest BCUT2D eigenvalue weighted by Gasteiger charge is -2.09. The summed E-state index contributed by atoms with van der Waals surface area (Å²) in [6.45, 7) is 2.40. The molecule has 0 amide bonds. The standard InChI is InChI=1S/C15H13IN2O2/c1-2-20-13-8-9(7-10(16)14(13)19)15-17-11-5-3-4-6-12(11)18-15/h3-8,19H,2H2,1H3,(H,17,18). The number of aromatic amines is 1. The van der Waals surface area contributed by atoms with Crippen molar-refractivity contribution in [1.82, 2.24) is 9.97 Å². The van der Waals surface area contributed by atoms with Crippen molar-refractivity contribution in [3.8, 4) is 22.9 Å².